The Labute approximate surface area is 141 Å². The number of halogens is 1. The Morgan fingerprint density at radius 2 is 2.25 bits per heavy atom. The van der Waals surface area contributed by atoms with Crippen LogP contribution in [0.3, 0.4) is 0 Å². The van der Waals surface area contributed by atoms with E-state index in [1.807, 2.05) is 16.7 Å². The van der Waals surface area contributed by atoms with Crippen LogP contribution in [0, 0.1) is 18.3 Å². The van der Waals surface area contributed by atoms with Gasteiger partial charge in [0.25, 0.3) is 5.56 Å². The van der Waals surface area contributed by atoms with Crippen molar-refractivity contribution in [1.29, 1.82) is 5.26 Å². The lowest BCUT2D eigenvalue weighted by atomic mass is 10.3. The maximum atomic E-state index is 12.1. The molecule has 8 nitrogen and oxygen atoms in total. The van der Waals surface area contributed by atoms with Gasteiger partial charge in [-0.3, -0.25) is 4.79 Å². The van der Waals surface area contributed by atoms with Crippen molar-refractivity contribution in [2.75, 3.05) is 0 Å². The van der Waals surface area contributed by atoms with Crippen molar-refractivity contribution in [2.45, 2.75) is 26.5 Å². The molecule has 0 N–H and O–H groups in total. The topological polar surface area (TPSA) is 98.1 Å². The number of rotatable bonds is 4. The number of aromatic nitrogens is 5. The predicted octanol–water partition coefficient (Wildman–Crippen LogP) is 1.59. The number of nitriles is 1. The number of hydrogen-bond acceptors (Lipinski definition) is 6. The third-order valence-corrected chi connectivity index (χ3v) is 3.60. The number of pyridine rings is 1. The zero-order valence-electron chi connectivity index (χ0n) is 13.0. The van der Waals surface area contributed by atoms with Crippen LogP contribution in [0.5, 0.6) is 6.01 Å². The van der Waals surface area contributed by atoms with E-state index < -0.39 is 6.10 Å². The van der Waals surface area contributed by atoms with Gasteiger partial charge in [-0.1, -0.05) is 17.7 Å². The quantitative estimate of drug-likeness (QED) is 0.666. The van der Waals surface area contributed by atoms with Crippen LogP contribution in [-0.2, 0) is 6.54 Å². The second-order valence-electron chi connectivity index (χ2n) is 5.19. The first kappa shape index (κ1) is 16.0. The molecule has 3 aromatic rings. The summed E-state index contributed by atoms with van der Waals surface area (Å²) in [6.45, 7) is 3.81. The molecule has 1 unspecified atom stereocenters. The van der Waals surface area contributed by atoms with Crippen molar-refractivity contribution in [3.8, 4) is 12.1 Å². The summed E-state index contributed by atoms with van der Waals surface area (Å²) in [6.07, 6.45) is 0.939. The van der Waals surface area contributed by atoms with E-state index in [0.717, 1.165) is 15.8 Å². The van der Waals surface area contributed by atoms with E-state index in [2.05, 4.69) is 15.1 Å². The number of fused-ring (bicyclic) bond motifs is 1. The molecule has 0 aliphatic heterocycles. The maximum Gasteiger partial charge on any atom is 0.339 e. The molecule has 9 heteroatoms. The van der Waals surface area contributed by atoms with Crippen molar-refractivity contribution in [1.82, 2.24) is 24.1 Å². The molecule has 1 atom stereocenters. The molecule has 24 heavy (non-hydrogen) atoms. The fraction of sp³-hybridized carbons (Fsp3) is 0.267. The molecular weight excluding hydrogens is 332 g/mol. The summed E-state index contributed by atoms with van der Waals surface area (Å²) >= 11 is 5.80. The first-order valence-electron chi connectivity index (χ1n) is 7.12. The molecule has 122 valence electrons. The van der Waals surface area contributed by atoms with E-state index in [9.17, 15) is 4.79 Å². The lowest BCUT2D eigenvalue weighted by Crippen LogP contribution is -2.20. The SMILES string of the molecule is Cc1cc(=O)n2nc(OC(C)C#N)nc2n1Cc1ccc(Cl)nc1. The summed E-state index contributed by atoms with van der Waals surface area (Å²) in [5.74, 6) is 0.329. The normalized spacial score (nSPS) is 12.1. The van der Waals surface area contributed by atoms with Crippen LogP contribution in [0.1, 0.15) is 18.2 Å². The van der Waals surface area contributed by atoms with Gasteiger partial charge in [0.05, 0.1) is 6.54 Å². The molecule has 0 saturated carbocycles. The molecule has 3 aromatic heterocycles. The predicted molar refractivity (Wildman–Crippen MR) is 86.0 cm³/mol. The highest BCUT2D eigenvalue weighted by Gasteiger charge is 2.15. The molecule has 0 saturated heterocycles. The summed E-state index contributed by atoms with van der Waals surface area (Å²) in [4.78, 5) is 20.4. The molecule has 0 aliphatic rings. The second-order valence-corrected chi connectivity index (χ2v) is 5.58. The van der Waals surface area contributed by atoms with Crippen molar-refractivity contribution < 1.29 is 4.74 Å². The van der Waals surface area contributed by atoms with Crippen LogP contribution in [-0.4, -0.2) is 30.3 Å². The Kier molecular flexibility index (Phi) is 4.18. The van der Waals surface area contributed by atoms with Gasteiger partial charge in [-0.05, 0) is 25.5 Å². The Balaban J connectivity index is 2.07. The van der Waals surface area contributed by atoms with Crippen LogP contribution in [0.4, 0.5) is 0 Å². The minimum Gasteiger partial charge on any atom is -0.444 e. The highest BCUT2D eigenvalue weighted by molar-refractivity contribution is 6.29. The van der Waals surface area contributed by atoms with Crippen molar-refractivity contribution in [3.63, 3.8) is 0 Å². The molecule has 0 bridgehead atoms. The highest BCUT2D eigenvalue weighted by atomic mass is 35.5. The average molecular weight is 345 g/mol. The van der Waals surface area contributed by atoms with E-state index in [-0.39, 0.29) is 11.6 Å². The summed E-state index contributed by atoms with van der Waals surface area (Å²) < 4.78 is 8.24. The molecule has 0 aliphatic carbocycles. The Hall–Kier alpha value is -2.92. The minimum absolute atomic E-state index is 0.0188. The molecule has 3 rings (SSSR count). The first-order valence-corrected chi connectivity index (χ1v) is 7.49. The molecular formula is C15H13ClN6O2. The fourth-order valence-corrected chi connectivity index (χ4v) is 2.31. The van der Waals surface area contributed by atoms with Gasteiger partial charge in [-0.2, -0.15) is 14.8 Å². The zero-order valence-corrected chi connectivity index (χ0v) is 13.7. The van der Waals surface area contributed by atoms with E-state index in [0.29, 0.717) is 17.5 Å². The Morgan fingerprint density at radius 3 is 2.92 bits per heavy atom. The van der Waals surface area contributed by atoms with Gasteiger partial charge in [-0.25, -0.2) is 4.98 Å². The lowest BCUT2D eigenvalue weighted by Gasteiger charge is -2.11. The van der Waals surface area contributed by atoms with E-state index >= 15 is 0 Å². The number of nitrogens with zero attached hydrogens (tertiary/aromatic N) is 6. The zero-order chi connectivity index (χ0) is 17.3. The standard InChI is InChI=1S/C15H13ClN6O2/c1-9-5-13(23)22-15(19-14(20-22)24-10(2)6-17)21(9)8-11-3-4-12(16)18-7-11/h3-5,7,10H,8H2,1-2H3. The average Bonchev–Trinajstić information content (AvgIpc) is 2.97. The molecule has 0 spiro atoms. The molecule has 0 fully saturated rings. The van der Waals surface area contributed by atoms with Crippen molar-refractivity contribution >= 4 is 17.4 Å². The summed E-state index contributed by atoms with van der Waals surface area (Å²) in [5.41, 5.74) is 1.29. The first-order chi connectivity index (χ1) is 11.5. The van der Waals surface area contributed by atoms with Gasteiger partial charge in [0.1, 0.15) is 11.2 Å². The van der Waals surface area contributed by atoms with Gasteiger partial charge in [0.2, 0.25) is 5.78 Å². The van der Waals surface area contributed by atoms with Crippen LogP contribution >= 0.6 is 11.6 Å². The summed E-state index contributed by atoms with van der Waals surface area (Å²) in [5, 5.41) is 13.2. The van der Waals surface area contributed by atoms with Crippen LogP contribution in [0.15, 0.2) is 29.2 Å². The third-order valence-electron chi connectivity index (χ3n) is 3.37. The number of ether oxygens (including phenoxy) is 1. The van der Waals surface area contributed by atoms with Crippen LogP contribution in [0.2, 0.25) is 5.15 Å². The smallest absolute Gasteiger partial charge is 0.339 e. The monoisotopic (exact) mass is 344 g/mol. The second kappa shape index (κ2) is 6.29. The Morgan fingerprint density at radius 1 is 1.46 bits per heavy atom. The summed E-state index contributed by atoms with van der Waals surface area (Å²) in [7, 11) is 0. The minimum atomic E-state index is -0.715. The van der Waals surface area contributed by atoms with Gasteiger partial charge < -0.3 is 9.30 Å². The third kappa shape index (κ3) is 3.07. The van der Waals surface area contributed by atoms with Gasteiger partial charge in [0.15, 0.2) is 6.10 Å². The molecule has 3 heterocycles. The van der Waals surface area contributed by atoms with E-state index in [1.165, 1.54) is 6.07 Å². The number of hydrogen-bond donors (Lipinski definition) is 0. The molecule has 0 radical (unpaired) electrons. The lowest BCUT2D eigenvalue weighted by molar-refractivity contribution is 0.254. The highest BCUT2D eigenvalue weighted by Crippen LogP contribution is 2.13. The van der Waals surface area contributed by atoms with Gasteiger partial charge in [-0.15, -0.1) is 5.10 Å². The maximum absolute atomic E-state index is 12.1. The molecule has 0 aromatic carbocycles. The fourth-order valence-electron chi connectivity index (χ4n) is 2.20. The van der Waals surface area contributed by atoms with Crippen LogP contribution in [0.25, 0.3) is 5.78 Å². The largest absolute Gasteiger partial charge is 0.444 e. The molecule has 0 amide bonds. The van der Waals surface area contributed by atoms with Crippen LogP contribution < -0.4 is 10.3 Å². The number of aryl methyl sites for hydroxylation is 1. The summed E-state index contributed by atoms with van der Waals surface area (Å²) in [6, 6.07) is 6.90. The van der Waals surface area contributed by atoms with Crippen molar-refractivity contribution in [2.24, 2.45) is 0 Å². The van der Waals surface area contributed by atoms with E-state index in [4.69, 9.17) is 21.6 Å². The Bertz CT molecular complexity index is 986. The van der Waals surface area contributed by atoms with Gasteiger partial charge in [0, 0.05) is 18.0 Å². The van der Waals surface area contributed by atoms with E-state index in [1.54, 1.807) is 26.1 Å². The van der Waals surface area contributed by atoms with Crippen molar-refractivity contribution in [3.05, 3.63) is 51.2 Å². The van der Waals surface area contributed by atoms with Gasteiger partial charge >= 0.3 is 6.01 Å².